The molecule has 0 aromatic heterocycles. The summed E-state index contributed by atoms with van der Waals surface area (Å²) in [6, 6.07) is 0. The summed E-state index contributed by atoms with van der Waals surface area (Å²) < 4.78 is 11.8. The molecule has 0 radical (unpaired) electrons. The predicted molar refractivity (Wildman–Crippen MR) is 92.3 cm³/mol. The molecule has 1 heterocycles. The molecule has 1 aliphatic heterocycles. The predicted octanol–water partition coefficient (Wildman–Crippen LogP) is 4.16. The van der Waals surface area contributed by atoms with Crippen LogP contribution in [0.1, 0.15) is 53.9 Å². The van der Waals surface area contributed by atoms with Crippen LogP contribution < -0.4 is 5.32 Å². The number of alkyl carbamates (subject to hydrolysis) is 1. The van der Waals surface area contributed by atoms with Gasteiger partial charge in [-0.25, -0.2) is 4.79 Å². The van der Waals surface area contributed by atoms with Crippen LogP contribution in [-0.2, 0) is 9.47 Å². The molecule has 2 rings (SSSR count). The normalized spacial score (nSPS) is 36.3. The van der Waals surface area contributed by atoms with Crippen LogP contribution in [0.3, 0.4) is 0 Å². The van der Waals surface area contributed by atoms with Gasteiger partial charge < -0.3 is 14.8 Å². The van der Waals surface area contributed by atoms with Crippen molar-refractivity contribution in [3.8, 4) is 0 Å². The number of fused-ring (bicyclic) bond motifs is 2. The molecule has 0 spiro atoms. The Balaban J connectivity index is 2.12. The highest BCUT2D eigenvalue weighted by Gasteiger charge is 2.53. The third-order valence-electron chi connectivity index (χ3n) is 5.92. The maximum Gasteiger partial charge on any atom is 0.407 e. The van der Waals surface area contributed by atoms with E-state index in [1.807, 2.05) is 6.92 Å². The summed E-state index contributed by atoms with van der Waals surface area (Å²) in [6.45, 7) is 12.8. The number of carbonyl (C=O) groups is 1. The van der Waals surface area contributed by atoms with E-state index in [0.717, 1.165) is 19.3 Å². The fraction of sp³-hybridized carbons (Fsp3) is 0.842. The average molecular weight is 323 g/mol. The first-order valence-corrected chi connectivity index (χ1v) is 9.16. The van der Waals surface area contributed by atoms with Crippen LogP contribution in [0.5, 0.6) is 0 Å². The van der Waals surface area contributed by atoms with Gasteiger partial charge in [0.05, 0.1) is 12.7 Å². The lowest BCUT2D eigenvalue weighted by Crippen LogP contribution is -2.57. The Labute approximate surface area is 141 Å². The van der Waals surface area contributed by atoms with E-state index in [2.05, 4.69) is 39.1 Å². The van der Waals surface area contributed by atoms with E-state index in [0.29, 0.717) is 43.6 Å². The summed E-state index contributed by atoms with van der Waals surface area (Å²) in [5.41, 5.74) is 1.34. The van der Waals surface area contributed by atoms with Crippen molar-refractivity contribution in [2.24, 2.45) is 23.2 Å². The van der Waals surface area contributed by atoms with Gasteiger partial charge in [0.15, 0.2) is 0 Å². The lowest BCUT2D eigenvalue weighted by molar-refractivity contribution is -0.164. The SMILES string of the molecule is CCCNC(=O)OC[C@@]12COC(CCC)C(C(C)=CC1C)[C@@H]2C. The van der Waals surface area contributed by atoms with Crippen LogP contribution in [-0.4, -0.2) is 32.0 Å². The average Bonchev–Trinajstić information content (AvgIpc) is 2.51. The van der Waals surface area contributed by atoms with Gasteiger partial charge in [0.1, 0.15) is 6.61 Å². The fourth-order valence-electron chi connectivity index (χ4n) is 4.41. The second kappa shape index (κ2) is 7.69. The molecule has 1 N–H and O–H groups in total. The summed E-state index contributed by atoms with van der Waals surface area (Å²) in [5, 5.41) is 2.79. The highest BCUT2D eigenvalue weighted by Crippen LogP contribution is 2.53. The number of ether oxygens (including phenoxy) is 2. The van der Waals surface area contributed by atoms with Gasteiger partial charge in [-0.3, -0.25) is 0 Å². The first-order valence-electron chi connectivity index (χ1n) is 9.16. The van der Waals surface area contributed by atoms with E-state index in [1.165, 1.54) is 5.57 Å². The molecule has 2 bridgehead atoms. The summed E-state index contributed by atoms with van der Waals surface area (Å²) in [7, 11) is 0. The quantitative estimate of drug-likeness (QED) is 0.747. The van der Waals surface area contributed by atoms with Crippen LogP contribution in [0.25, 0.3) is 0 Å². The number of allylic oxidation sites excluding steroid dienone is 1. The molecular weight excluding hydrogens is 290 g/mol. The van der Waals surface area contributed by atoms with Crippen molar-refractivity contribution in [2.45, 2.75) is 60.0 Å². The third kappa shape index (κ3) is 3.57. The van der Waals surface area contributed by atoms with Crippen LogP contribution >= 0.6 is 0 Å². The summed E-state index contributed by atoms with van der Waals surface area (Å²) in [5.74, 6) is 1.27. The zero-order valence-corrected chi connectivity index (χ0v) is 15.4. The van der Waals surface area contributed by atoms with Crippen molar-refractivity contribution in [3.05, 3.63) is 11.6 Å². The molecule has 1 fully saturated rings. The second-order valence-corrected chi connectivity index (χ2v) is 7.39. The second-order valence-electron chi connectivity index (χ2n) is 7.39. The Hall–Kier alpha value is -1.03. The Kier molecular flexibility index (Phi) is 6.12. The van der Waals surface area contributed by atoms with Gasteiger partial charge in [-0.15, -0.1) is 0 Å². The van der Waals surface area contributed by atoms with Gasteiger partial charge >= 0.3 is 6.09 Å². The molecule has 4 heteroatoms. The van der Waals surface area contributed by atoms with E-state index >= 15 is 0 Å². The number of nitrogens with one attached hydrogen (secondary N) is 1. The number of amides is 1. The van der Waals surface area contributed by atoms with Crippen LogP contribution in [0, 0.1) is 23.2 Å². The fourth-order valence-corrected chi connectivity index (χ4v) is 4.41. The number of hydrogen-bond acceptors (Lipinski definition) is 3. The summed E-state index contributed by atoms with van der Waals surface area (Å²) in [4.78, 5) is 11.9. The number of carbonyl (C=O) groups excluding carboxylic acids is 1. The topological polar surface area (TPSA) is 47.6 Å². The Morgan fingerprint density at radius 1 is 1.39 bits per heavy atom. The molecule has 0 aromatic rings. The molecule has 0 aromatic carbocycles. The van der Waals surface area contributed by atoms with E-state index in [-0.39, 0.29) is 11.5 Å². The molecule has 1 amide bonds. The van der Waals surface area contributed by atoms with Gasteiger partial charge in [0.2, 0.25) is 0 Å². The van der Waals surface area contributed by atoms with Crippen molar-refractivity contribution < 1.29 is 14.3 Å². The Morgan fingerprint density at radius 3 is 2.78 bits per heavy atom. The largest absolute Gasteiger partial charge is 0.449 e. The molecule has 2 aliphatic rings. The summed E-state index contributed by atoms with van der Waals surface area (Å²) >= 11 is 0. The van der Waals surface area contributed by atoms with Crippen LogP contribution in [0.2, 0.25) is 0 Å². The Morgan fingerprint density at radius 2 is 2.13 bits per heavy atom. The van der Waals surface area contributed by atoms with E-state index < -0.39 is 0 Å². The van der Waals surface area contributed by atoms with Crippen molar-refractivity contribution in [1.29, 1.82) is 0 Å². The van der Waals surface area contributed by atoms with E-state index in [1.54, 1.807) is 0 Å². The zero-order chi connectivity index (χ0) is 17.0. The minimum Gasteiger partial charge on any atom is -0.449 e. The molecule has 1 saturated heterocycles. The molecule has 1 aliphatic carbocycles. The third-order valence-corrected chi connectivity index (χ3v) is 5.92. The molecule has 0 saturated carbocycles. The molecule has 132 valence electrons. The highest BCUT2D eigenvalue weighted by molar-refractivity contribution is 5.67. The van der Waals surface area contributed by atoms with Gasteiger partial charge in [0.25, 0.3) is 0 Å². The minimum atomic E-state index is -0.306. The lowest BCUT2D eigenvalue weighted by Gasteiger charge is -2.55. The first kappa shape index (κ1) is 18.3. The van der Waals surface area contributed by atoms with Crippen molar-refractivity contribution in [3.63, 3.8) is 0 Å². The smallest absolute Gasteiger partial charge is 0.407 e. The van der Waals surface area contributed by atoms with Crippen LogP contribution in [0.15, 0.2) is 11.6 Å². The molecule has 3 unspecified atom stereocenters. The van der Waals surface area contributed by atoms with Crippen molar-refractivity contribution >= 4 is 6.09 Å². The van der Waals surface area contributed by atoms with Crippen LogP contribution in [0.4, 0.5) is 4.79 Å². The number of rotatable bonds is 6. The van der Waals surface area contributed by atoms with Crippen molar-refractivity contribution in [2.75, 3.05) is 19.8 Å². The summed E-state index contributed by atoms with van der Waals surface area (Å²) in [6.07, 6.45) is 5.53. The van der Waals surface area contributed by atoms with Gasteiger partial charge in [0, 0.05) is 17.9 Å². The number of hydrogen-bond donors (Lipinski definition) is 1. The van der Waals surface area contributed by atoms with E-state index in [9.17, 15) is 4.79 Å². The molecule has 4 nitrogen and oxygen atoms in total. The van der Waals surface area contributed by atoms with Gasteiger partial charge in [-0.05, 0) is 31.6 Å². The zero-order valence-electron chi connectivity index (χ0n) is 15.4. The molecule has 5 atom stereocenters. The Bertz CT molecular complexity index is 448. The molecular formula is C19H33NO3. The lowest BCUT2D eigenvalue weighted by atomic mass is 9.56. The maximum atomic E-state index is 11.9. The van der Waals surface area contributed by atoms with Gasteiger partial charge in [-0.1, -0.05) is 45.8 Å². The standard InChI is InChI=1S/C19H33NO3/c1-6-8-16-17-13(3)10-14(4)19(11-22-16,15(17)5)12-23-18(21)20-9-7-2/h10,14-17H,6-9,11-12H2,1-5H3,(H,20,21)/t14?,15-,16?,17?,19-/m0/s1. The molecule has 23 heavy (non-hydrogen) atoms. The maximum absolute atomic E-state index is 11.9. The highest BCUT2D eigenvalue weighted by atomic mass is 16.6. The monoisotopic (exact) mass is 323 g/mol. The first-order chi connectivity index (χ1) is 11.0. The van der Waals surface area contributed by atoms with E-state index in [4.69, 9.17) is 9.47 Å². The van der Waals surface area contributed by atoms with Crippen molar-refractivity contribution in [1.82, 2.24) is 5.32 Å². The minimum absolute atomic E-state index is 0.0992. The van der Waals surface area contributed by atoms with Gasteiger partial charge in [-0.2, -0.15) is 0 Å².